The Bertz CT molecular complexity index is 1320. The van der Waals surface area contributed by atoms with Crippen LogP contribution in [0.4, 0.5) is 5.13 Å². The first-order chi connectivity index (χ1) is 15.4. The molecular formula is C24H21ClN2O3S2. The number of nitrogens with zero attached hydrogens (tertiary/aromatic N) is 2. The van der Waals surface area contributed by atoms with Gasteiger partial charge in [0.15, 0.2) is 15.0 Å². The van der Waals surface area contributed by atoms with Crippen LogP contribution >= 0.6 is 22.9 Å². The smallest absolute Gasteiger partial charge is 0.229 e. The molecule has 5 nitrogen and oxygen atoms in total. The van der Waals surface area contributed by atoms with Gasteiger partial charge >= 0.3 is 0 Å². The summed E-state index contributed by atoms with van der Waals surface area (Å²) in [6.07, 6.45) is 0.329. The lowest BCUT2D eigenvalue weighted by Crippen LogP contribution is -2.30. The third-order valence-corrected chi connectivity index (χ3v) is 8.15. The fourth-order valence-electron chi connectivity index (χ4n) is 3.34. The summed E-state index contributed by atoms with van der Waals surface area (Å²) in [5, 5.41) is 1.08. The van der Waals surface area contributed by atoms with Gasteiger partial charge in [0.25, 0.3) is 0 Å². The van der Waals surface area contributed by atoms with E-state index >= 15 is 0 Å². The Balaban J connectivity index is 1.54. The number of thiazole rings is 1. The van der Waals surface area contributed by atoms with Crippen LogP contribution in [-0.2, 0) is 21.2 Å². The highest BCUT2D eigenvalue weighted by Crippen LogP contribution is 2.34. The van der Waals surface area contributed by atoms with Crippen molar-refractivity contribution >= 4 is 54.0 Å². The Hall–Kier alpha value is -2.74. The van der Waals surface area contributed by atoms with Crippen LogP contribution in [0, 0.1) is 0 Å². The highest BCUT2D eigenvalue weighted by atomic mass is 35.5. The minimum absolute atomic E-state index is 0.0897. The number of sulfone groups is 1. The lowest BCUT2D eigenvalue weighted by atomic mass is 10.2. The summed E-state index contributed by atoms with van der Waals surface area (Å²) in [5.74, 6) is -0.263. The summed E-state index contributed by atoms with van der Waals surface area (Å²) in [5.41, 5.74) is 1.62. The van der Waals surface area contributed by atoms with E-state index in [0.717, 1.165) is 10.3 Å². The number of benzene rings is 3. The largest absolute Gasteiger partial charge is 0.284 e. The van der Waals surface area contributed by atoms with Crippen molar-refractivity contribution in [3.8, 4) is 0 Å². The Labute approximate surface area is 196 Å². The maximum Gasteiger partial charge on any atom is 0.229 e. The minimum Gasteiger partial charge on any atom is -0.284 e. The third-order valence-electron chi connectivity index (χ3n) is 4.98. The molecule has 4 rings (SSSR count). The molecule has 0 N–H and O–H groups in total. The van der Waals surface area contributed by atoms with Crippen LogP contribution in [0.25, 0.3) is 10.2 Å². The van der Waals surface area contributed by atoms with Crippen molar-refractivity contribution in [2.24, 2.45) is 0 Å². The maximum absolute atomic E-state index is 13.2. The fourth-order valence-corrected chi connectivity index (χ4v) is 5.95. The van der Waals surface area contributed by atoms with E-state index in [0.29, 0.717) is 22.2 Å². The van der Waals surface area contributed by atoms with Crippen molar-refractivity contribution in [3.63, 3.8) is 0 Å². The van der Waals surface area contributed by atoms with E-state index in [2.05, 4.69) is 4.98 Å². The number of amides is 1. The molecule has 0 aliphatic heterocycles. The van der Waals surface area contributed by atoms with Crippen molar-refractivity contribution in [3.05, 3.63) is 89.4 Å². The summed E-state index contributed by atoms with van der Waals surface area (Å²) in [4.78, 5) is 19.7. The first-order valence-electron chi connectivity index (χ1n) is 10.1. The van der Waals surface area contributed by atoms with E-state index in [4.69, 9.17) is 11.6 Å². The molecule has 0 fully saturated rings. The first-order valence-corrected chi connectivity index (χ1v) is 13.0. The van der Waals surface area contributed by atoms with Crippen LogP contribution in [0.1, 0.15) is 18.4 Å². The number of halogens is 1. The molecule has 8 heteroatoms. The Morgan fingerprint density at radius 1 is 0.938 bits per heavy atom. The molecule has 0 atom stereocenters. The summed E-state index contributed by atoms with van der Waals surface area (Å²) in [7, 11) is -3.43. The van der Waals surface area contributed by atoms with Gasteiger partial charge in [-0.1, -0.05) is 77.5 Å². The van der Waals surface area contributed by atoms with Crippen molar-refractivity contribution in [2.45, 2.75) is 24.3 Å². The van der Waals surface area contributed by atoms with E-state index < -0.39 is 9.84 Å². The van der Waals surface area contributed by atoms with E-state index in [9.17, 15) is 13.2 Å². The lowest BCUT2D eigenvalue weighted by Gasteiger charge is -2.20. The zero-order valence-corrected chi connectivity index (χ0v) is 19.5. The molecule has 0 unspecified atom stereocenters. The number of carbonyl (C=O) groups excluding carboxylic acids is 1. The monoisotopic (exact) mass is 484 g/mol. The molecule has 1 heterocycles. The highest BCUT2D eigenvalue weighted by Gasteiger charge is 2.22. The number of fused-ring (bicyclic) bond motifs is 1. The second-order valence-corrected chi connectivity index (χ2v) is 10.8. The highest BCUT2D eigenvalue weighted by molar-refractivity contribution is 7.91. The number of anilines is 1. The molecular weight excluding hydrogens is 464 g/mol. The number of carbonyl (C=O) groups is 1. The van der Waals surface area contributed by atoms with Gasteiger partial charge in [0.05, 0.1) is 26.9 Å². The average molecular weight is 485 g/mol. The second-order valence-electron chi connectivity index (χ2n) is 7.28. The molecule has 32 heavy (non-hydrogen) atoms. The number of para-hydroxylation sites is 1. The van der Waals surface area contributed by atoms with Gasteiger partial charge in [-0.15, -0.1) is 0 Å². The molecule has 1 amide bonds. The van der Waals surface area contributed by atoms with E-state index in [-0.39, 0.29) is 29.4 Å². The van der Waals surface area contributed by atoms with Gasteiger partial charge in [-0.05, 0) is 36.2 Å². The Morgan fingerprint density at radius 2 is 1.62 bits per heavy atom. The molecule has 0 saturated carbocycles. The predicted molar refractivity (Wildman–Crippen MR) is 130 cm³/mol. The third kappa shape index (κ3) is 5.18. The molecule has 0 aliphatic rings. The summed E-state index contributed by atoms with van der Waals surface area (Å²) in [6, 6.07) is 23.5. The van der Waals surface area contributed by atoms with E-state index in [1.54, 1.807) is 41.3 Å². The number of rotatable bonds is 8. The average Bonchev–Trinajstić information content (AvgIpc) is 3.24. The van der Waals surface area contributed by atoms with E-state index in [1.807, 2.05) is 42.5 Å². The topological polar surface area (TPSA) is 67.3 Å². The SMILES string of the molecule is O=C(CCCS(=O)(=O)c1ccccc1)N(Cc1ccccc1)c1nc2c(Cl)cccc2s1. The van der Waals surface area contributed by atoms with Crippen LogP contribution in [0.5, 0.6) is 0 Å². The molecule has 0 spiro atoms. The zero-order valence-electron chi connectivity index (χ0n) is 17.1. The quantitative estimate of drug-likeness (QED) is 0.320. The van der Waals surface area contributed by atoms with Crippen molar-refractivity contribution in [1.82, 2.24) is 4.98 Å². The van der Waals surface area contributed by atoms with Gasteiger partial charge in [-0.3, -0.25) is 9.69 Å². The second kappa shape index (κ2) is 9.81. The Kier molecular flexibility index (Phi) is 6.89. The molecule has 0 aliphatic carbocycles. The molecule has 0 radical (unpaired) electrons. The molecule has 1 aromatic heterocycles. The molecule has 3 aromatic carbocycles. The molecule has 0 bridgehead atoms. The van der Waals surface area contributed by atoms with Crippen LogP contribution in [0.3, 0.4) is 0 Å². The molecule has 4 aromatic rings. The van der Waals surface area contributed by atoms with Gasteiger partial charge in [0.2, 0.25) is 5.91 Å². The first kappa shape index (κ1) is 22.5. The zero-order chi connectivity index (χ0) is 22.6. The number of hydrogen-bond donors (Lipinski definition) is 0. The van der Waals surface area contributed by atoms with Gasteiger partial charge in [0, 0.05) is 6.42 Å². The van der Waals surface area contributed by atoms with Crippen LogP contribution in [0.15, 0.2) is 83.8 Å². The fraction of sp³-hybridized carbons (Fsp3) is 0.167. The minimum atomic E-state index is -3.43. The lowest BCUT2D eigenvalue weighted by molar-refractivity contribution is -0.118. The predicted octanol–water partition coefficient (Wildman–Crippen LogP) is 5.74. The Morgan fingerprint density at radius 3 is 2.31 bits per heavy atom. The van der Waals surface area contributed by atoms with Crippen molar-refractivity contribution in [2.75, 3.05) is 10.7 Å². The van der Waals surface area contributed by atoms with Gasteiger partial charge < -0.3 is 0 Å². The van der Waals surface area contributed by atoms with E-state index in [1.165, 1.54) is 11.3 Å². The van der Waals surface area contributed by atoms with Gasteiger partial charge in [-0.2, -0.15) is 0 Å². The summed E-state index contributed by atoms with van der Waals surface area (Å²) < 4.78 is 26.0. The summed E-state index contributed by atoms with van der Waals surface area (Å²) >= 11 is 7.68. The van der Waals surface area contributed by atoms with Crippen molar-refractivity contribution < 1.29 is 13.2 Å². The number of aromatic nitrogens is 1. The summed E-state index contributed by atoms with van der Waals surface area (Å²) in [6.45, 7) is 0.350. The van der Waals surface area contributed by atoms with Crippen molar-refractivity contribution in [1.29, 1.82) is 0 Å². The molecule has 0 saturated heterocycles. The van der Waals surface area contributed by atoms with Crippen LogP contribution < -0.4 is 4.90 Å². The standard InChI is InChI=1S/C24H21ClN2O3S2/c25-20-13-7-14-21-23(20)26-24(31-21)27(17-18-9-3-1-4-10-18)22(28)15-8-16-32(29,30)19-11-5-2-6-12-19/h1-7,9-14H,8,15-17H2. The van der Waals surface area contributed by atoms with Gasteiger partial charge in [0.1, 0.15) is 5.52 Å². The molecule has 164 valence electrons. The van der Waals surface area contributed by atoms with Gasteiger partial charge in [-0.25, -0.2) is 13.4 Å². The van der Waals surface area contributed by atoms with Crippen LogP contribution in [0.2, 0.25) is 5.02 Å². The van der Waals surface area contributed by atoms with Crippen LogP contribution in [-0.4, -0.2) is 25.1 Å². The normalized spacial score (nSPS) is 11.5. The number of hydrogen-bond acceptors (Lipinski definition) is 5. The maximum atomic E-state index is 13.2.